The van der Waals surface area contributed by atoms with Crippen LogP contribution in [0.1, 0.15) is 29.0 Å². The molecule has 2 N–H and O–H groups in total. The summed E-state index contributed by atoms with van der Waals surface area (Å²) in [7, 11) is 2.03. The molecule has 0 spiro atoms. The number of carbonyl (C=O) groups is 1. The fraction of sp³-hybridized carbons (Fsp3) is 0.243. The lowest BCUT2D eigenvalue weighted by molar-refractivity contribution is -0.133. The third-order valence-corrected chi connectivity index (χ3v) is 8.42. The zero-order valence-electron chi connectivity index (χ0n) is 25.2. The van der Waals surface area contributed by atoms with Crippen LogP contribution in [-0.2, 0) is 11.2 Å². The van der Waals surface area contributed by atoms with Crippen molar-refractivity contribution in [1.29, 1.82) is 0 Å². The first-order valence-corrected chi connectivity index (χ1v) is 15.2. The molecular weight excluding hydrogens is 568 g/mol. The van der Waals surface area contributed by atoms with E-state index in [1.54, 1.807) is 0 Å². The van der Waals surface area contributed by atoms with E-state index >= 15 is 0 Å². The van der Waals surface area contributed by atoms with Crippen molar-refractivity contribution < 1.29 is 24.2 Å². The maximum Gasteiger partial charge on any atom is 0.223 e. The van der Waals surface area contributed by atoms with Gasteiger partial charge in [0.2, 0.25) is 5.91 Å². The highest BCUT2D eigenvalue weighted by molar-refractivity contribution is 5.91. The molecule has 1 aliphatic rings. The summed E-state index contributed by atoms with van der Waals surface area (Å²) in [6.07, 6.45) is 0.797. The Labute approximate surface area is 261 Å². The van der Waals surface area contributed by atoms with Gasteiger partial charge in [0.05, 0.1) is 6.61 Å². The molecule has 1 aromatic heterocycles. The largest absolute Gasteiger partial charge is 0.507 e. The molecule has 1 saturated heterocycles. The molecule has 5 aromatic rings. The number of fused-ring (bicyclic) bond motifs is 1. The van der Waals surface area contributed by atoms with Gasteiger partial charge in [-0.25, -0.2) is 0 Å². The SMILES string of the molecule is CN1CCN(C(=O)C[C@H](c2ccc(OCCc3ccccc3)cc2)c2c(O)cc(O)c3c(=O)cc(-c4ccccc4)oc23)CC1. The Morgan fingerprint density at radius 3 is 2.22 bits per heavy atom. The van der Waals surface area contributed by atoms with Crippen molar-refractivity contribution in [2.75, 3.05) is 39.8 Å². The van der Waals surface area contributed by atoms with Gasteiger partial charge < -0.3 is 29.2 Å². The Morgan fingerprint density at radius 1 is 0.867 bits per heavy atom. The molecule has 45 heavy (non-hydrogen) atoms. The Bertz CT molecular complexity index is 1830. The van der Waals surface area contributed by atoms with Crippen molar-refractivity contribution in [2.45, 2.75) is 18.8 Å². The van der Waals surface area contributed by atoms with Crippen LogP contribution in [0.15, 0.2) is 106 Å². The molecule has 1 atom stereocenters. The summed E-state index contributed by atoms with van der Waals surface area (Å²) in [5, 5.41) is 22.1. The Balaban J connectivity index is 1.39. The van der Waals surface area contributed by atoms with Crippen LogP contribution in [0.25, 0.3) is 22.3 Å². The number of benzene rings is 4. The maximum absolute atomic E-state index is 13.7. The van der Waals surface area contributed by atoms with E-state index in [1.165, 1.54) is 11.6 Å². The highest BCUT2D eigenvalue weighted by atomic mass is 16.5. The molecule has 1 aliphatic heterocycles. The van der Waals surface area contributed by atoms with E-state index in [-0.39, 0.29) is 40.4 Å². The van der Waals surface area contributed by atoms with Crippen molar-refractivity contribution in [2.24, 2.45) is 0 Å². The highest BCUT2D eigenvalue weighted by Crippen LogP contribution is 2.43. The van der Waals surface area contributed by atoms with Crippen LogP contribution in [0.3, 0.4) is 0 Å². The number of hydrogen-bond acceptors (Lipinski definition) is 7. The summed E-state index contributed by atoms with van der Waals surface area (Å²) in [6.45, 7) is 3.26. The molecule has 230 valence electrons. The van der Waals surface area contributed by atoms with Gasteiger partial charge in [-0.2, -0.15) is 0 Å². The second kappa shape index (κ2) is 13.3. The van der Waals surface area contributed by atoms with Gasteiger partial charge in [0.25, 0.3) is 0 Å². The first kappa shape index (κ1) is 30.0. The van der Waals surface area contributed by atoms with Gasteiger partial charge in [0.15, 0.2) is 5.43 Å². The second-order valence-electron chi connectivity index (χ2n) is 11.5. The molecule has 0 unspecified atom stereocenters. The molecule has 0 bridgehead atoms. The van der Waals surface area contributed by atoms with Crippen LogP contribution in [0, 0.1) is 0 Å². The average molecular weight is 605 g/mol. The minimum absolute atomic E-state index is 0.0324. The predicted octanol–water partition coefficient (Wildman–Crippen LogP) is 5.79. The number of phenols is 2. The lowest BCUT2D eigenvalue weighted by Crippen LogP contribution is -2.47. The molecule has 1 amide bonds. The zero-order valence-corrected chi connectivity index (χ0v) is 25.2. The molecule has 6 rings (SSSR count). The molecular formula is C37H36N2O6. The Morgan fingerprint density at radius 2 is 1.53 bits per heavy atom. The number of piperazine rings is 1. The number of ether oxygens (including phenoxy) is 1. The van der Waals surface area contributed by atoms with E-state index in [1.807, 2.05) is 84.7 Å². The minimum atomic E-state index is -0.673. The fourth-order valence-electron chi connectivity index (χ4n) is 5.88. The molecule has 0 radical (unpaired) electrons. The minimum Gasteiger partial charge on any atom is -0.507 e. The first-order valence-electron chi connectivity index (χ1n) is 15.2. The van der Waals surface area contributed by atoms with Gasteiger partial charge in [0, 0.05) is 68.2 Å². The summed E-state index contributed by atoms with van der Waals surface area (Å²) in [4.78, 5) is 31.1. The normalized spacial score (nSPS) is 14.4. The van der Waals surface area contributed by atoms with Gasteiger partial charge in [-0.15, -0.1) is 0 Å². The number of likely N-dealkylation sites (N-methyl/N-ethyl adjacent to an activating group) is 1. The highest BCUT2D eigenvalue weighted by Gasteiger charge is 2.30. The van der Waals surface area contributed by atoms with E-state index in [9.17, 15) is 19.8 Å². The number of phenolic OH excluding ortho intramolecular Hbond substituents is 2. The van der Waals surface area contributed by atoms with Crippen LogP contribution in [0.5, 0.6) is 17.2 Å². The van der Waals surface area contributed by atoms with Crippen molar-refractivity contribution in [1.82, 2.24) is 9.80 Å². The summed E-state index contributed by atoms with van der Waals surface area (Å²) in [5.74, 6) is -0.410. The molecule has 8 heteroatoms. The molecule has 0 saturated carbocycles. The van der Waals surface area contributed by atoms with E-state index in [4.69, 9.17) is 9.15 Å². The van der Waals surface area contributed by atoms with Gasteiger partial charge in [-0.05, 0) is 30.3 Å². The maximum atomic E-state index is 13.7. The number of hydrogen-bond donors (Lipinski definition) is 2. The summed E-state index contributed by atoms with van der Waals surface area (Å²) in [6, 6.07) is 29.2. The van der Waals surface area contributed by atoms with E-state index in [0.717, 1.165) is 31.1 Å². The van der Waals surface area contributed by atoms with Gasteiger partial charge >= 0.3 is 0 Å². The summed E-state index contributed by atoms with van der Waals surface area (Å²) >= 11 is 0. The fourth-order valence-corrected chi connectivity index (χ4v) is 5.88. The lowest BCUT2D eigenvalue weighted by Gasteiger charge is -2.33. The molecule has 1 fully saturated rings. The van der Waals surface area contributed by atoms with Crippen LogP contribution in [0.2, 0.25) is 0 Å². The van der Waals surface area contributed by atoms with E-state index in [0.29, 0.717) is 36.8 Å². The summed E-state index contributed by atoms with van der Waals surface area (Å²) < 4.78 is 12.3. The average Bonchev–Trinajstić information content (AvgIpc) is 3.05. The quantitative estimate of drug-likeness (QED) is 0.220. The van der Waals surface area contributed by atoms with Crippen LogP contribution < -0.4 is 10.2 Å². The molecule has 0 aliphatic carbocycles. The smallest absolute Gasteiger partial charge is 0.223 e. The third-order valence-electron chi connectivity index (χ3n) is 8.42. The topological polar surface area (TPSA) is 103 Å². The number of rotatable bonds is 9. The van der Waals surface area contributed by atoms with Gasteiger partial charge in [0.1, 0.15) is 34.0 Å². The monoisotopic (exact) mass is 604 g/mol. The summed E-state index contributed by atoms with van der Waals surface area (Å²) in [5.41, 5.74) is 2.48. The van der Waals surface area contributed by atoms with Crippen molar-refractivity contribution in [3.05, 3.63) is 124 Å². The van der Waals surface area contributed by atoms with Crippen molar-refractivity contribution in [3.8, 4) is 28.6 Å². The van der Waals surface area contributed by atoms with Gasteiger partial charge in [-0.3, -0.25) is 9.59 Å². The number of nitrogens with zero attached hydrogens (tertiary/aromatic N) is 2. The third kappa shape index (κ3) is 6.71. The number of carbonyl (C=O) groups excluding carboxylic acids is 1. The predicted molar refractivity (Wildman–Crippen MR) is 174 cm³/mol. The zero-order chi connectivity index (χ0) is 31.3. The Kier molecular flexibility index (Phi) is 8.84. The van der Waals surface area contributed by atoms with Crippen molar-refractivity contribution >= 4 is 16.9 Å². The van der Waals surface area contributed by atoms with Crippen molar-refractivity contribution in [3.63, 3.8) is 0 Å². The lowest BCUT2D eigenvalue weighted by atomic mass is 9.86. The Hall–Kier alpha value is -5.08. The molecule has 8 nitrogen and oxygen atoms in total. The van der Waals surface area contributed by atoms with E-state index in [2.05, 4.69) is 17.0 Å². The van der Waals surface area contributed by atoms with Crippen LogP contribution >= 0.6 is 0 Å². The van der Waals surface area contributed by atoms with Gasteiger partial charge in [-0.1, -0.05) is 72.8 Å². The van der Waals surface area contributed by atoms with Crippen LogP contribution in [0.4, 0.5) is 0 Å². The number of aromatic hydroxyl groups is 2. The molecule has 4 aromatic carbocycles. The van der Waals surface area contributed by atoms with E-state index < -0.39 is 11.3 Å². The number of amides is 1. The van der Waals surface area contributed by atoms with Crippen LogP contribution in [-0.4, -0.2) is 65.8 Å². The first-order chi connectivity index (χ1) is 21.9. The standard InChI is InChI=1S/C37H36N2O6/c1-38-17-19-39(20-18-38)34(43)22-29(26-12-14-28(15-13-26)44-21-16-25-8-4-2-5-9-25)35-30(40)23-31(41)36-32(42)24-33(45-37(35)36)27-10-6-3-7-11-27/h2-15,23-24,29,40-41H,16-22H2,1H3/t29-/m1/s1. The second-order valence-corrected chi connectivity index (χ2v) is 11.5. The molecule has 2 heterocycles.